The van der Waals surface area contributed by atoms with E-state index in [9.17, 15) is 5.11 Å². The summed E-state index contributed by atoms with van der Waals surface area (Å²) in [5, 5.41) is 13.9. The fourth-order valence-electron chi connectivity index (χ4n) is 1.36. The first-order chi connectivity index (χ1) is 6.58. The van der Waals surface area contributed by atoms with Gasteiger partial charge < -0.3 is 10.4 Å². The van der Waals surface area contributed by atoms with Crippen LogP contribution in [0.2, 0.25) is 5.02 Å². The van der Waals surface area contributed by atoms with E-state index in [0.29, 0.717) is 11.6 Å². The molecule has 2 nitrogen and oxygen atoms in total. The molecule has 1 rings (SSSR count). The second-order valence-electron chi connectivity index (χ2n) is 3.53. The van der Waals surface area contributed by atoms with Crippen molar-refractivity contribution in [3.63, 3.8) is 0 Å². The second-order valence-corrected chi connectivity index (χ2v) is 3.94. The number of aliphatic hydroxyl groups is 1. The van der Waals surface area contributed by atoms with Gasteiger partial charge in [0.2, 0.25) is 0 Å². The number of halogens is 1. The van der Waals surface area contributed by atoms with Crippen LogP contribution in [0.1, 0.15) is 19.4 Å². The summed E-state index contributed by atoms with van der Waals surface area (Å²) < 4.78 is 0. The van der Waals surface area contributed by atoms with Gasteiger partial charge in [-0.2, -0.15) is 0 Å². The molecule has 1 unspecified atom stereocenters. The number of hydrogen-bond donors (Lipinski definition) is 2. The van der Waals surface area contributed by atoms with Gasteiger partial charge in [-0.05, 0) is 19.5 Å². The van der Waals surface area contributed by atoms with E-state index in [0.717, 1.165) is 12.1 Å². The minimum Gasteiger partial charge on any atom is -0.384 e. The molecule has 14 heavy (non-hydrogen) atoms. The lowest BCUT2D eigenvalue weighted by molar-refractivity contribution is 0.0577. The van der Waals surface area contributed by atoms with E-state index in [4.69, 9.17) is 11.6 Å². The van der Waals surface area contributed by atoms with E-state index in [1.807, 2.05) is 25.1 Å². The Kier molecular flexibility index (Phi) is 3.93. The van der Waals surface area contributed by atoms with Crippen LogP contribution in [0.4, 0.5) is 0 Å². The Morgan fingerprint density at radius 2 is 2.07 bits per heavy atom. The second kappa shape index (κ2) is 4.78. The third-order valence-corrected chi connectivity index (χ3v) is 2.50. The van der Waals surface area contributed by atoms with Crippen molar-refractivity contribution in [2.45, 2.75) is 19.4 Å². The highest BCUT2D eigenvalue weighted by Crippen LogP contribution is 2.26. The van der Waals surface area contributed by atoms with Crippen LogP contribution in [0.25, 0.3) is 0 Å². The predicted octanol–water partition coefficient (Wildman–Crippen LogP) is 2.16. The summed E-state index contributed by atoms with van der Waals surface area (Å²) in [6.45, 7) is 5.10. The van der Waals surface area contributed by atoms with Gasteiger partial charge in [0.05, 0.1) is 0 Å². The molecule has 1 aromatic rings. The Balaban J connectivity index is 2.86. The third-order valence-electron chi connectivity index (χ3n) is 2.17. The summed E-state index contributed by atoms with van der Waals surface area (Å²) in [6, 6.07) is 7.37. The van der Waals surface area contributed by atoms with Crippen molar-refractivity contribution in [2.24, 2.45) is 0 Å². The van der Waals surface area contributed by atoms with Crippen LogP contribution in [-0.2, 0) is 5.60 Å². The van der Waals surface area contributed by atoms with E-state index in [-0.39, 0.29) is 0 Å². The van der Waals surface area contributed by atoms with Gasteiger partial charge in [-0.25, -0.2) is 0 Å². The molecule has 1 atom stereocenters. The molecule has 0 aliphatic carbocycles. The van der Waals surface area contributed by atoms with Crippen molar-refractivity contribution >= 4 is 11.6 Å². The Labute approximate surface area is 89.9 Å². The average Bonchev–Trinajstić information content (AvgIpc) is 2.15. The first-order valence-corrected chi connectivity index (χ1v) is 5.14. The van der Waals surface area contributed by atoms with Crippen molar-refractivity contribution in [3.05, 3.63) is 34.9 Å². The molecule has 0 heterocycles. The van der Waals surface area contributed by atoms with Crippen molar-refractivity contribution in [1.29, 1.82) is 0 Å². The highest BCUT2D eigenvalue weighted by molar-refractivity contribution is 6.31. The summed E-state index contributed by atoms with van der Waals surface area (Å²) in [5.74, 6) is 0. The fourth-order valence-corrected chi connectivity index (χ4v) is 1.70. The Morgan fingerprint density at radius 1 is 1.43 bits per heavy atom. The van der Waals surface area contributed by atoms with Crippen LogP contribution in [-0.4, -0.2) is 18.2 Å². The van der Waals surface area contributed by atoms with Crippen molar-refractivity contribution < 1.29 is 5.11 Å². The molecule has 0 saturated heterocycles. The first kappa shape index (κ1) is 11.5. The standard InChI is InChI=1S/C11H16ClNO/c1-3-13-8-11(2,14)9-6-4-5-7-10(9)12/h4-7,13-14H,3,8H2,1-2H3. The molecule has 2 N–H and O–H groups in total. The van der Waals surface area contributed by atoms with Crippen LogP contribution in [0.3, 0.4) is 0 Å². The third kappa shape index (κ3) is 2.71. The highest BCUT2D eigenvalue weighted by Gasteiger charge is 2.24. The zero-order valence-corrected chi connectivity index (χ0v) is 9.30. The molecule has 0 saturated carbocycles. The molecular formula is C11H16ClNO. The average molecular weight is 214 g/mol. The normalized spacial score (nSPS) is 15.1. The summed E-state index contributed by atoms with van der Waals surface area (Å²) in [5.41, 5.74) is -0.142. The van der Waals surface area contributed by atoms with Gasteiger partial charge in [0.1, 0.15) is 5.60 Å². The zero-order valence-electron chi connectivity index (χ0n) is 8.55. The largest absolute Gasteiger partial charge is 0.384 e. The zero-order chi connectivity index (χ0) is 10.6. The van der Waals surface area contributed by atoms with Gasteiger partial charge in [0.25, 0.3) is 0 Å². The van der Waals surface area contributed by atoms with Gasteiger partial charge in [-0.1, -0.05) is 36.7 Å². The topological polar surface area (TPSA) is 32.3 Å². The van der Waals surface area contributed by atoms with Crippen LogP contribution in [0.15, 0.2) is 24.3 Å². The van der Waals surface area contributed by atoms with Crippen molar-refractivity contribution in [3.8, 4) is 0 Å². The molecule has 3 heteroatoms. The maximum absolute atomic E-state index is 10.2. The van der Waals surface area contributed by atoms with E-state index in [1.165, 1.54) is 0 Å². The summed E-state index contributed by atoms with van der Waals surface area (Å²) in [4.78, 5) is 0. The predicted molar refractivity (Wildman–Crippen MR) is 59.6 cm³/mol. The van der Waals surface area contributed by atoms with E-state index in [2.05, 4.69) is 5.32 Å². The molecule has 0 aromatic heterocycles. The van der Waals surface area contributed by atoms with Crippen LogP contribution >= 0.6 is 11.6 Å². The molecule has 0 bridgehead atoms. The number of rotatable bonds is 4. The lowest BCUT2D eigenvalue weighted by Gasteiger charge is -2.25. The number of nitrogens with one attached hydrogen (secondary N) is 1. The van der Waals surface area contributed by atoms with Crippen LogP contribution in [0, 0.1) is 0 Å². The fraction of sp³-hybridized carbons (Fsp3) is 0.455. The van der Waals surface area contributed by atoms with Crippen LogP contribution in [0.5, 0.6) is 0 Å². The molecule has 78 valence electrons. The molecule has 0 radical (unpaired) electrons. The molecule has 0 aliphatic heterocycles. The minimum atomic E-state index is -0.908. The highest BCUT2D eigenvalue weighted by atomic mass is 35.5. The van der Waals surface area contributed by atoms with Gasteiger partial charge in [-0.3, -0.25) is 0 Å². The van der Waals surface area contributed by atoms with Gasteiger partial charge >= 0.3 is 0 Å². The number of hydrogen-bond acceptors (Lipinski definition) is 2. The van der Waals surface area contributed by atoms with Gasteiger partial charge in [0.15, 0.2) is 0 Å². The summed E-state index contributed by atoms with van der Waals surface area (Å²) in [6.07, 6.45) is 0. The number of benzene rings is 1. The molecule has 0 aliphatic rings. The van der Waals surface area contributed by atoms with Crippen molar-refractivity contribution in [1.82, 2.24) is 5.32 Å². The van der Waals surface area contributed by atoms with Gasteiger partial charge in [0, 0.05) is 17.1 Å². The summed E-state index contributed by atoms with van der Waals surface area (Å²) in [7, 11) is 0. The lowest BCUT2D eigenvalue weighted by Crippen LogP contribution is -2.35. The number of likely N-dealkylation sites (N-methyl/N-ethyl adjacent to an activating group) is 1. The Morgan fingerprint density at radius 3 is 2.64 bits per heavy atom. The maximum atomic E-state index is 10.2. The summed E-state index contributed by atoms with van der Waals surface area (Å²) >= 11 is 6.00. The molecule has 0 fully saturated rings. The monoisotopic (exact) mass is 213 g/mol. The molecule has 0 spiro atoms. The first-order valence-electron chi connectivity index (χ1n) is 4.76. The molecular weight excluding hydrogens is 198 g/mol. The Bertz CT molecular complexity index is 299. The van der Waals surface area contributed by atoms with Crippen LogP contribution < -0.4 is 5.32 Å². The SMILES string of the molecule is CCNCC(C)(O)c1ccccc1Cl. The van der Waals surface area contributed by atoms with E-state index >= 15 is 0 Å². The smallest absolute Gasteiger partial charge is 0.101 e. The quantitative estimate of drug-likeness (QED) is 0.804. The molecule has 0 amide bonds. The lowest BCUT2D eigenvalue weighted by atomic mass is 9.96. The minimum absolute atomic E-state index is 0.507. The van der Waals surface area contributed by atoms with Gasteiger partial charge in [-0.15, -0.1) is 0 Å². The Hall–Kier alpha value is -0.570. The molecule has 1 aromatic carbocycles. The van der Waals surface area contributed by atoms with E-state index in [1.54, 1.807) is 13.0 Å². The van der Waals surface area contributed by atoms with Crippen molar-refractivity contribution in [2.75, 3.05) is 13.1 Å². The maximum Gasteiger partial charge on any atom is 0.101 e. The van der Waals surface area contributed by atoms with E-state index < -0.39 is 5.60 Å².